The molecule has 2 fully saturated rings. The van der Waals surface area contributed by atoms with E-state index in [4.69, 9.17) is 0 Å². The van der Waals surface area contributed by atoms with Crippen molar-refractivity contribution in [2.75, 3.05) is 39.8 Å². The molecule has 0 spiro atoms. The molecule has 3 heteroatoms. The molecule has 0 unspecified atom stereocenters. The lowest BCUT2D eigenvalue weighted by atomic mass is 10.1. The van der Waals surface area contributed by atoms with Crippen LogP contribution in [0.4, 0.5) is 0 Å². The molecule has 0 atom stereocenters. The van der Waals surface area contributed by atoms with E-state index in [2.05, 4.69) is 29.1 Å². The molecule has 1 aliphatic carbocycles. The number of likely N-dealkylation sites (tertiary alicyclic amines) is 1. The van der Waals surface area contributed by atoms with E-state index in [1.165, 1.54) is 58.4 Å². The van der Waals surface area contributed by atoms with Gasteiger partial charge in [-0.3, -0.25) is 0 Å². The van der Waals surface area contributed by atoms with Crippen molar-refractivity contribution in [3.63, 3.8) is 0 Å². The zero-order valence-electron chi connectivity index (χ0n) is 10.9. The fraction of sp³-hybridized carbons (Fsp3) is 1.00. The van der Waals surface area contributed by atoms with Crippen molar-refractivity contribution in [1.82, 2.24) is 15.1 Å². The fourth-order valence-electron chi connectivity index (χ4n) is 2.60. The highest BCUT2D eigenvalue weighted by Gasteiger charge is 2.25. The first-order valence-corrected chi connectivity index (χ1v) is 6.95. The Hall–Kier alpha value is -0.120. The zero-order chi connectivity index (χ0) is 11.4. The van der Waals surface area contributed by atoms with Gasteiger partial charge in [0.2, 0.25) is 0 Å². The maximum atomic E-state index is 3.71. The molecule has 1 N–H and O–H groups in total. The second-order valence-corrected chi connectivity index (χ2v) is 5.37. The molecular formula is C13H27N3. The summed E-state index contributed by atoms with van der Waals surface area (Å²) in [5.41, 5.74) is 0. The maximum absolute atomic E-state index is 3.71. The Morgan fingerprint density at radius 3 is 2.44 bits per heavy atom. The third-order valence-corrected chi connectivity index (χ3v) is 4.10. The van der Waals surface area contributed by atoms with E-state index in [1.807, 2.05) is 0 Å². The topological polar surface area (TPSA) is 18.5 Å². The molecule has 1 aliphatic heterocycles. The van der Waals surface area contributed by atoms with E-state index in [9.17, 15) is 0 Å². The molecule has 1 saturated heterocycles. The highest BCUT2D eigenvalue weighted by molar-refractivity contribution is 4.83. The van der Waals surface area contributed by atoms with E-state index < -0.39 is 0 Å². The molecule has 3 nitrogen and oxygen atoms in total. The quantitative estimate of drug-likeness (QED) is 0.732. The third kappa shape index (κ3) is 3.72. The SMILES string of the molecule is CCN1CCC(NCCN(C)C2CC2)CC1. The van der Waals surface area contributed by atoms with Crippen LogP contribution in [0, 0.1) is 0 Å². The first-order valence-electron chi connectivity index (χ1n) is 6.95. The minimum absolute atomic E-state index is 0.774. The first-order chi connectivity index (χ1) is 7.79. The van der Waals surface area contributed by atoms with Crippen molar-refractivity contribution in [2.45, 2.75) is 44.7 Å². The van der Waals surface area contributed by atoms with Gasteiger partial charge in [-0.1, -0.05) is 6.92 Å². The number of piperidine rings is 1. The van der Waals surface area contributed by atoms with Crippen LogP contribution in [0.1, 0.15) is 32.6 Å². The number of rotatable bonds is 6. The normalized spacial score (nSPS) is 24.2. The molecular weight excluding hydrogens is 198 g/mol. The average molecular weight is 225 g/mol. The van der Waals surface area contributed by atoms with Crippen molar-refractivity contribution in [1.29, 1.82) is 0 Å². The van der Waals surface area contributed by atoms with Crippen LogP contribution >= 0.6 is 0 Å². The second-order valence-electron chi connectivity index (χ2n) is 5.37. The van der Waals surface area contributed by atoms with Gasteiger partial charge in [0.05, 0.1) is 0 Å². The number of likely N-dealkylation sites (N-methyl/N-ethyl adjacent to an activating group) is 1. The Bertz CT molecular complexity index is 195. The molecule has 1 saturated carbocycles. The summed E-state index contributed by atoms with van der Waals surface area (Å²) in [4.78, 5) is 5.06. The van der Waals surface area contributed by atoms with Crippen LogP contribution in [0.2, 0.25) is 0 Å². The van der Waals surface area contributed by atoms with E-state index in [0.717, 1.165) is 12.1 Å². The van der Waals surface area contributed by atoms with Crippen LogP contribution in [-0.2, 0) is 0 Å². The molecule has 16 heavy (non-hydrogen) atoms. The van der Waals surface area contributed by atoms with Crippen LogP contribution in [0.5, 0.6) is 0 Å². The van der Waals surface area contributed by atoms with Gasteiger partial charge in [-0.2, -0.15) is 0 Å². The van der Waals surface area contributed by atoms with Crippen molar-refractivity contribution < 1.29 is 0 Å². The monoisotopic (exact) mass is 225 g/mol. The van der Waals surface area contributed by atoms with Crippen LogP contribution < -0.4 is 5.32 Å². The van der Waals surface area contributed by atoms with Gasteiger partial charge in [0.15, 0.2) is 0 Å². The van der Waals surface area contributed by atoms with Crippen molar-refractivity contribution in [3.05, 3.63) is 0 Å². The van der Waals surface area contributed by atoms with E-state index in [-0.39, 0.29) is 0 Å². The Morgan fingerprint density at radius 1 is 1.19 bits per heavy atom. The number of nitrogens with one attached hydrogen (secondary N) is 1. The molecule has 0 aromatic rings. The van der Waals surface area contributed by atoms with Crippen LogP contribution in [0.3, 0.4) is 0 Å². The maximum Gasteiger partial charge on any atom is 0.0107 e. The lowest BCUT2D eigenvalue weighted by molar-refractivity contribution is 0.202. The van der Waals surface area contributed by atoms with Gasteiger partial charge in [-0.05, 0) is 52.4 Å². The summed E-state index contributed by atoms with van der Waals surface area (Å²) in [6.07, 6.45) is 5.51. The van der Waals surface area contributed by atoms with E-state index >= 15 is 0 Å². The number of nitrogens with zero attached hydrogens (tertiary/aromatic N) is 2. The highest BCUT2D eigenvalue weighted by atomic mass is 15.2. The Morgan fingerprint density at radius 2 is 1.88 bits per heavy atom. The predicted molar refractivity (Wildman–Crippen MR) is 68.8 cm³/mol. The first kappa shape index (κ1) is 12.3. The van der Waals surface area contributed by atoms with Crippen LogP contribution in [-0.4, -0.2) is 61.7 Å². The Labute approximate surface area is 100 Å². The summed E-state index contributed by atoms with van der Waals surface area (Å²) < 4.78 is 0. The van der Waals surface area contributed by atoms with E-state index in [0.29, 0.717) is 0 Å². The average Bonchev–Trinajstić information content (AvgIpc) is 3.14. The molecule has 1 heterocycles. The highest BCUT2D eigenvalue weighted by Crippen LogP contribution is 2.24. The predicted octanol–water partition coefficient (Wildman–Crippen LogP) is 1.15. The molecule has 2 aliphatic rings. The summed E-state index contributed by atoms with van der Waals surface area (Å²) in [7, 11) is 2.26. The van der Waals surface area contributed by atoms with Gasteiger partial charge >= 0.3 is 0 Å². The summed E-state index contributed by atoms with van der Waals surface area (Å²) >= 11 is 0. The van der Waals surface area contributed by atoms with Crippen LogP contribution in [0.25, 0.3) is 0 Å². The standard InChI is InChI=1S/C13H27N3/c1-3-16-9-6-12(7-10-16)14-8-11-15(2)13-4-5-13/h12-14H,3-11H2,1-2H3. The molecule has 2 rings (SSSR count). The zero-order valence-corrected chi connectivity index (χ0v) is 10.9. The Balaban J connectivity index is 1.53. The summed E-state index contributed by atoms with van der Waals surface area (Å²) in [5.74, 6) is 0. The van der Waals surface area contributed by atoms with E-state index in [1.54, 1.807) is 0 Å². The molecule has 0 amide bonds. The molecule has 0 aromatic carbocycles. The molecule has 0 bridgehead atoms. The minimum atomic E-state index is 0.774. The molecule has 94 valence electrons. The molecule has 0 aromatic heterocycles. The number of hydrogen-bond acceptors (Lipinski definition) is 3. The summed E-state index contributed by atoms with van der Waals surface area (Å²) in [5, 5.41) is 3.71. The van der Waals surface area contributed by atoms with Gasteiger partial charge in [0, 0.05) is 25.2 Å². The van der Waals surface area contributed by atoms with Gasteiger partial charge in [-0.15, -0.1) is 0 Å². The molecule has 0 radical (unpaired) electrons. The fourth-order valence-corrected chi connectivity index (χ4v) is 2.60. The lowest BCUT2D eigenvalue weighted by Crippen LogP contribution is -2.44. The largest absolute Gasteiger partial charge is 0.313 e. The van der Waals surface area contributed by atoms with Gasteiger partial charge in [0.1, 0.15) is 0 Å². The summed E-state index contributed by atoms with van der Waals surface area (Å²) in [6, 6.07) is 1.68. The van der Waals surface area contributed by atoms with Crippen molar-refractivity contribution in [2.24, 2.45) is 0 Å². The summed E-state index contributed by atoms with van der Waals surface area (Å²) in [6.45, 7) is 8.44. The number of hydrogen-bond donors (Lipinski definition) is 1. The van der Waals surface area contributed by atoms with Crippen molar-refractivity contribution >= 4 is 0 Å². The van der Waals surface area contributed by atoms with Gasteiger partial charge < -0.3 is 15.1 Å². The Kier molecular flexibility index (Phi) is 4.62. The third-order valence-electron chi connectivity index (χ3n) is 4.10. The van der Waals surface area contributed by atoms with Crippen molar-refractivity contribution in [3.8, 4) is 0 Å². The minimum Gasteiger partial charge on any atom is -0.313 e. The smallest absolute Gasteiger partial charge is 0.0107 e. The van der Waals surface area contributed by atoms with Gasteiger partial charge in [-0.25, -0.2) is 0 Å². The van der Waals surface area contributed by atoms with Crippen LogP contribution in [0.15, 0.2) is 0 Å². The second kappa shape index (κ2) is 5.99. The lowest BCUT2D eigenvalue weighted by Gasteiger charge is -2.32. The van der Waals surface area contributed by atoms with Gasteiger partial charge in [0.25, 0.3) is 0 Å².